The number of para-hydroxylation sites is 2. The lowest BCUT2D eigenvalue weighted by Crippen LogP contribution is -2.22. The van der Waals surface area contributed by atoms with E-state index in [2.05, 4.69) is 39.9 Å². The molecule has 0 saturated heterocycles. The highest BCUT2D eigenvalue weighted by Crippen LogP contribution is 2.31. The summed E-state index contributed by atoms with van der Waals surface area (Å²) in [5, 5.41) is 23.9. The van der Waals surface area contributed by atoms with E-state index >= 15 is 0 Å². The predicted molar refractivity (Wildman–Crippen MR) is 114 cm³/mol. The molecule has 1 aromatic heterocycles. The Bertz CT molecular complexity index is 1010. The molecule has 8 heteroatoms. The second-order valence-corrected chi connectivity index (χ2v) is 8.48. The number of hydrogen-bond acceptors (Lipinski definition) is 7. The third kappa shape index (κ3) is 4.88. The van der Waals surface area contributed by atoms with Crippen LogP contribution >= 0.6 is 23.1 Å². The van der Waals surface area contributed by atoms with Gasteiger partial charge in [-0.15, -0.1) is 10.2 Å². The van der Waals surface area contributed by atoms with Crippen LogP contribution in [0.25, 0.3) is 0 Å². The van der Waals surface area contributed by atoms with E-state index in [1.807, 2.05) is 18.2 Å². The zero-order chi connectivity index (χ0) is 19.9. The summed E-state index contributed by atoms with van der Waals surface area (Å²) in [7, 11) is 0. The Morgan fingerprint density at radius 3 is 2.64 bits per heavy atom. The van der Waals surface area contributed by atoms with E-state index in [0.29, 0.717) is 20.7 Å². The molecule has 0 bridgehead atoms. The maximum absolute atomic E-state index is 12.5. The van der Waals surface area contributed by atoms with E-state index in [0.717, 1.165) is 12.1 Å². The third-order valence-corrected chi connectivity index (χ3v) is 6.02. The molecule has 0 aliphatic rings. The number of rotatable bonds is 7. The molecule has 0 aliphatic carbocycles. The number of thioether (sulfide) groups is 1. The summed E-state index contributed by atoms with van der Waals surface area (Å²) < 4.78 is 0.702. The monoisotopic (exact) mass is 409 g/mol. The van der Waals surface area contributed by atoms with Crippen molar-refractivity contribution in [2.45, 2.75) is 29.9 Å². The van der Waals surface area contributed by atoms with Crippen LogP contribution in [-0.2, 0) is 11.2 Å². The summed E-state index contributed by atoms with van der Waals surface area (Å²) in [6, 6.07) is 17.1. The molecular weight excluding hydrogens is 390 g/mol. The van der Waals surface area contributed by atoms with Crippen molar-refractivity contribution in [3.63, 3.8) is 0 Å². The maximum atomic E-state index is 12.5. The summed E-state index contributed by atoms with van der Waals surface area (Å²) >= 11 is 2.74. The van der Waals surface area contributed by atoms with Crippen LogP contribution in [0.5, 0.6) is 0 Å². The molecule has 2 aromatic carbocycles. The van der Waals surface area contributed by atoms with Gasteiger partial charge in [0.2, 0.25) is 11.0 Å². The maximum Gasteiger partial charge on any atom is 0.237 e. The number of nitrogens with zero attached hydrogens (tertiary/aromatic N) is 3. The van der Waals surface area contributed by atoms with Gasteiger partial charge in [-0.25, -0.2) is 0 Å². The van der Waals surface area contributed by atoms with Gasteiger partial charge in [0.05, 0.1) is 16.5 Å². The van der Waals surface area contributed by atoms with Crippen LogP contribution in [-0.4, -0.2) is 21.4 Å². The van der Waals surface area contributed by atoms with Crippen molar-refractivity contribution in [1.82, 2.24) is 10.2 Å². The molecular formula is C20H19N5OS2. The summed E-state index contributed by atoms with van der Waals surface area (Å²) in [5.41, 5.74) is 3.16. The number of amides is 1. The molecule has 142 valence electrons. The van der Waals surface area contributed by atoms with E-state index in [1.165, 1.54) is 28.7 Å². The van der Waals surface area contributed by atoms with Crippen molar-refractivity contribution in [2.24, 2.45) is 0 Å². The molecule has 0 aliphatic heterocycles. The highest BCUT2D eigenvalue weighted by molar-refractivity contribution is 8.02. The van der Waals surface area contributed by atoms with Crippen molar-refractivity contribution in [1.29, 1.82) is 5.26 Å². The number of nitrogens with one attached hydrogen (secondary N) is 2. The fourth-order valence-corrected chi connectivity index (χ4v) is 4.41. The fourth-order valence-electron chi connectivity index (χ4n) is 2.50. The normalized spacial score (nSPS) is 11.5. The van der Waals surface area contributed by atoms with Crippen LogP contribution in [0.15, 0.2) is 52.9 Å². The van der Waals surface area contributed by atoms with E-state index in [9.17, 15) is 4.79 Å². The molecule has 1 amide bonds. The Labute approximate surface area is 172 Å². The molecule has 3 rings (SSSR count). The largest absolute Gasteiger partial charge is 0.330 e. The van der Waals surface area contributed by atoms with Gasteiger partial charge in [-0.1, -0.05) is 60.4 Å². The van der Waals surface area contributed by atoms with Gasteiger partial charge >= 0.3 is 0 Å². The van der Waals surface area contributed by atoms with Gasteiger partial charge in [-0.3, -0.25) is 4.79 Å². The number of benzene rings is 2. The molecule has 1 atom stereocenters. The quantitative estimate of drug-likeness (QED) is 0.543. The lowest BCUT2D eigenvalue weighted by molar-refractivity contribution is -0.115. The molecule has 28 heavy (non-hydrogen) atoms. The number of anilines is 3. The Morgan fingerprint density at radius 1 is 1.18 bits per heavy atom. The Balaban J connectivity index is 1.63. The van der Waals surface area contributed by atoms with Crippen LogP contribution in [0.3, 0.4) is 0 Å². The first kappa shape index (κ1) is 19.9. The molecule has 0 saturated carbocycles. The van der Waals surface area contributed by atoms with Gasteiger partial charge < -0.3 is 10.6 Å². The first-order valence-corrected chi connectivity index (χ1v) is 10.5. The molecule has 0 spiro atoms. The predicted octanol–water partition coefficient (Wildman–Crippen LogP) is 4.84. The molecule has 0 radical (unpaired) electrons. The number of carbonyl (C=O) groups excluding carboxylic acids is 1. The van der Waals surface area contributed by atoms with Crippen LogP contribution < -0.4 is 10.6 Å². The first-order valence-electron chi connectivity index (χ1n) is 8.75. The fraction of sp³-hybridized carbons (Fsp3) is 0.200. The number of nitriles is 1. The molecule has 2 N–H and O–H groups in total. The lowest BCUT2D eigenvalue weighted by Gasteiger charge is -2.11. The zero-order valence-electron chi connectivity index (χ0n) is 15.5. The number of carbonyl (C=O) groups is 1. The van der Waals surface area contributed by atoms with Crippen molar-refractivity contribution >= 4 is 45.5 Å². The number of aryl methyl sites for hydroxylation is 1. The average molecular weight is 410 g/mol. The van der Waals surface area contributed by atoms with E-state index in [-0.39, 0.29) is 11.2 Å². The zero-order valence-corrected chi connectivity index (χ0v) is 17.1. The van der Waals surface area contributed by atoms with Gasteiger partial charge in [0.25, 0.3) is 0 Å². The van der Waals surface area contributed by atoms with Crippen LogP contribution in [0, 0.1) is 11.3 Å². The molecule has 1 heterocycles. The minimum Gasteiger partial charge on any atom is -0.330 e. The first-order chi connectivity index (χ1) is 13.6. The minimum atomic E-state index is -0.379. The Morgan fingerprint density at radius 2 is 1.89 bits per heavy atom. The van der Waals surface area contributed by atoms with E-state index in [4.69, 9.17) is 5.26 Å². The van der Waals surface area contributed by atoms with Crippen molar-refractivity contribution < 1.29 is 4.79 Å². The van der Waals surface area contributed by atoms with Gasteiger partial charge in [-0.05, 0) is 37.1 Å². The summed E-state index contributed by atoms with van der Waals surface area (Å²) in [5.74, 6) is -0.186. The topological polar surface area (TPSA) is 90.7 Å². The third-order valence-electron chi connectivity index (χ3n) is 4.00. The molecule has 3 aromatic rings. The lowest BCUT2D eigenvalue weighted by atomic mass is 10.1. The average Bonchev–Trinajstić information content (AvgIpc) is 3.15. The van der Waals surface area contributed by atoms with E-state index in [1.54, 1.807) is 31.2 Å². The molecule has 0 fully saturated rings. The minimum absolute atomic E-state index is 0.186. The van der Waals surface area contributed by atoms with Crippen LogP contribution in [0.2, 0.25) is 0 Å². The van der Waals surface area contributed by atoms with Crippen molar-refractivity contribution in [2.75, 3.05) is 10.6 Å². The SMILES string of the molecule is CCc1ccccc1Nc1nnc(S[C@@H](C)C(=O)Nc2ccccc2C#N)s1. The number of aromatic nitrogens is 2. The second kappa shape index (κ2) is 9.35. The second-order valence-electron chi connectivity index (χ2n) is 5.92. The van der Waals surface area contributed by atoms with Gasteiger partial charge in [-0.2, -0.15) is 5.26 Å². The number of hydrogen-bond donors (Lipinski definition) is 2. The smallest absolute Gasteiger partial charge is 0.237 e. The van der Waals surface area contributed by atoms with Crippen molar-refractivity contribution in [3.8, 4) is 6.07 Å². The summed E-state index contributed by atoms with van der Waals surface area (Å²) in [6.45, 7) is 3.91. The van der Waals surface area contributed by atoms with Crippen molar-refractivity contribution in [3.05, 3.63) is 59.7 Å². The van der Waals surface area contributed by atoms with E-state index < -0.39 is 0 Å². The van der Waals surface area contributed by atoms with Gasteiger partial charge in [0.15, 0.2) is 4.34 Å². The standard InChI is InChI=1S/C20H19N5OS2/c1-3-14-8-4-6-10-16(14)23-19-24-25-20(28-19)27-13(2)18(26)22-17-11-7-5-9-15(17)12-21/h4-11,13H,3H2,1-2H3,(H,22,26)(H,23,24)/t13-/m0/s1. The van der Waals surface area contributed by atoms with Gasteiger partial charge in [0, 0.05) is 5.69 Å². The molecule has 6 nitrogen and oxygen atoms in total. The highest BCUT2D eigenvalue weighted by Gasteiger charge is 2.18. The summed E-state index contributed by atoms with van der Waals surface area (Å²) in [6.07, 6.45) is 0.922. The van der Waals surface area contributed by atoms with Crippen LogP contribution in [0.1, 0.15) is 25.0 Å². The Hall–Kier alpha value is -2.89. The highest BCUT2D eigenvalue weighted by atomic mass is 32.2. The molecule has 0 unspecified atom stereocenters. The summed E-state index contributed by atoms with van der Waals surface area (Å²) in [4.78, 5) is 12.5. The van der Waals surface area contributed by atoms with Gasteiger partial charge in [0.1, 0.15) is 6.07 Å². The van der Waals surface area contributed by atoms with Crippen LogP contribution in [0.4, 0.5) is 16.5 Å². The Kier molecular flexibility index (Phi) is 6.63.